The van der Waals surface area contributed by atoms with Gasteiger partial charge in [-0.1, -0.05) is 65.2 Å². The molecule has 0 heterocycles. The first-order valence-corrected chi connectivity index (χ1v) is 7.48. The summed E-state index contributed by atoms with van der Waals surface area (Å²) in [7, 11) is 0. The van der Waals surface area contributed by atoms with Gasteiger partial charge in [-0.15, -0.1) is 0 Å². The maximum absolute atomic E-state index is 3.64. The van der Waals surface area contributed by atoms with Crippen LogP contribution < -0.4 is 0 Å². The Labute approximate surface area is 113 Å². The SMILES string of the molecule is Cc1ccc(C2=C(CBr)CCC(C)(C)C2)cc1. The fraction of sp³-hybridized carbons (Fsp3) is 0.500. The zero-order valence-electron chi connectivity index (χ0n) is 11.0. The normalized spacial score (nSPS) is 19.5. The van der Waals surface area contributed by atoms with Crippen molar-refractivity contribution in [2.75, 3.05) is 5.33 Å². The van der Waals surface area contributed by atoms with E-state index >= 15 is 0 Å². The number of benzene rings is 1. The van der Waals surface area contributed by atoms with Gasteiger partial charge in [0, 0.05) is 5.33 Å². The Hall–Kier alpha value is -0.560. The summed E-state index contributed by atoms with van der Waals surface area (Å²) in [5.41, 5.74) is 6.36. The summed E-state index contributed by atoms with van der Waals surface area (Å²) in [6, 6.07) is 8.98. The van der Waals surface area contributed by atoms with Crippen molar-refractivity contribution in [3.63, 3.8) is 0 Å². The van der Waals surface area contributed by atoms with Gasteiger partial charge in [-0.25, -0.2) is 0 Å². The van der Waals surface area contributed by atoms with Crippen LogP contribution in [0.5, 0.6) is 0 Å². The average molecular weight is 293 g/mol. The van der Waals surface area contributed by atoms with Crippen molar-refractivity contribution in [1.82, 2.24) is 0 Å². The molecular weight excluding hydrogens is 272 g/mol. The van der Waals surface area contributed by atoms with Crippen LogP contribution in [0.25, 0.3) is 5.57 Å². The van der Waals surface area contributed by atoms with Crippen LogP contribution in [0.1, 0.15) is 44.2 Å². The summed E-state index contributed by atoms with van der Waals surface area (Å²) >= 11 is 3.64. The molecule has 1 aromatic carbocycles. The molecule has 0 unspecified atom stereocenters. The highest BCUT2D eigenvalue weighted by Gasteiger charge is 2.27. The summed E-state index contributed by atoms with van der Waals surface area (Å²) in [5, 5.41) is 1.02. The predicted molar refractivity (Wildman–Crippen MR) is 79.5 cm³/mol. The van der Waals surface area contributed by atoms with E-state index in [-0.39, 0.29) is 0 Å². The zero-order valence-corrected chi connectivity index (χ0v) is 12.6. The van der Waals surface area contributed by atoms with Crippen molar-refractivity contribution in [3.05, 3.63) is 41.0 Å². The van der Waals surface area contributed by atoms with Gasteiger partial charge in [0.25, 0.3) is 0 Å². The summed E-state index contributed by atoms with van der Waals surface area (Å²) in [4.78, 5) is 0. The van der Waals surface area contributed by atoms with Crippen LogP contribution in [0.3, 0.4) is 0 Å². The Morgan fingerprint density at radius 1 is 1.18 bits per heavy atom. The molecule has 0 radical (unpaired) electrons. The zero-order chi connectivity index (χ0) is 12.5. The van der Waals surface area contributed by atoms with E-state index in [4.69, 9.17) is 0 Å². The molecule has 1 heteroatoms. The van der Waals surface area contributed by atoms with Crippen molar-refractivity contribution in [2.45, 2.75) is 40.0 Å². The van der Waals surface area contributed by atoms with E-state index in [2.05, 4.69) is 61.0 Å². The third-order valence-corrected chi connectivity index (χ3v) is 4.42. The number of alkyl halides is 1. The molecule has 0 N–H and O–H groups in total. The lowest BCUT2D eigenvalue weighted by molar-refractivity contribution is 0.332. The van der Waals surface area contributed by atoms with Crippen molar-refractivity contribution in [1.29, 1.82) is 0 Å². The first-order chi connectivity index (χ1) is 8.02. The maximum Gasteiger partial charge on any atom is 0.0247 e. The molecule has 0 spiro atoms. The molecule has 0 saturated heterocycles. The standard InChI is InChI=1S/C16H21Br/c1-12-4-6-13(7-5-12)15-10-16(2,3)9-8-14(15)11-17/h4-7H,8-11H2,1-3H3. The molecule has 1 aliphatic rings. The molecule has 1 aliphatic carbocycles. The molecule has 0 atom stereocenters. The Bertz CT molecular complexity index is 423. The van der Waals surface area contributed by atoms with E-state index in [1.54, 1.807) is 11.1 Å². The van der Waals surface area contributed by atoms with E-state index in [0.29, 0.717) is 5.41 Å². The van der Waals surface area contributed by atoms with Crippen LogP contribution in [0.15, 0.2) is 29.8 Å². The van der Waals surface area contributed by atoms with Gasteiger partial charge in [0.05, 0.1) is 0 Å². The van der Waals surface area contributed by atoms with E-state index in [0.717, 1.165) is 5.33 Å². The van der Waals surface area contributed by atoms with Crippen LogP contribution in [-0.2, 0) is 0 Å². The average Bonchev–Trinajstić information content (AvgIpc) is 2.29. The molecular formula is C16H21Br. The smallest absolute Gasteiger partial charge is 0.0247 e. The molecule has 0 nitrogen and oxygen atoms in total. The maximum atomic E-state index is 3.64. The predicted octanol–water partition coefficient (Wildman–Crippen LogP) is 5.35. The molecule has 0 saturated carbocycles. The Morgan fingerprint density at radius 2 is 1.82 bits per heavy atom. The van der Waals surface area contributed by atoms with Gasteiger partial charge in [-0.3, -0.25) is 0 Å². The number of hydrogen-bond donors (Lipinski definition) is 0. The minimum atomic E-state index is 0.450. The topological polar surface area (TPSA) is 0 Å². The molecule has 92 valence electrons. The van der Waals surface area contributed by atoms with Gasteiger partial charge < -0.3 is 0 Å². The van der Waals surface area contributed by atoms with Crippen molar-refractivity contribution >= 4 is 21.5 Å². The molecule has 0 amide bonds. The van der Waals surface area contributed by atoms with Crippen LogP contribution in [0.4, 0.5) is 0 Å². The van der Waals surface area contributed by atoms with Crippen LogP contribution in [0, 0.1) is 12.3 Å². The van der Waals surface area contributed by atoms with Crippen molar-refractivity contribution < 1.29 is 0 Å². The van der Waals surface area contributed by atoms with E-state index in [9.17, 15) is 0 Å². The largest absolute Gasteiger partial charge is 0.0880 e. The van der Waals surface area contributed by atoms with Gasteiger partial charge in [0.1, 0.15) is 0 Å². The van der Waals surface area contributed by atoms with Crippen molar-refractivity contribution in [2.24, 2.45) is 5.41 Å². The lowest BCUT2D eigenvalue weighted by Crippen LogP contribution is -2.18. The Kier molecular flexibility index (Phi) is 3.77. The quantitative estimate of drug-likeness (QED) is 0.644. The minimum Gasteiger partial charge on any atom is -0.0880 e. The third kappa shape index (κ3) is 3.01. The first kappa shape index (κ1) is 12.9. The lowest BCUT2D eigenvalue weighted by atomic mass is 9.73. The number of halogens is 1. The van der Waals surface area contributed by atoms with E-state index in [1.807, 2.05) is 0 Å². The van der Waals surface area contributed by atoms with Gasteiger partial charge in [0.2, 0.25) is 0 Å². The first-order valence-electron chi connectivity index (χ1n) is 6.36. The molecule has 0 fully saturated rings. The van der Waals surface area contributed by atoms with Crippen LogP contribution >= 0.6 is 15.9 Å². The number of rotatable bonds is 2. The fourth-order valence-electron chi connectivity index (χ4n) is 2.54. The van der Waals surface area contributed by atoms with Gasteiger partial charge in [-0.2, -0.15) is 0 Å². The molecule has 2 rings (SSSR count). The number of allylic oxidation sites excluding steroid dienone is 2. The minimum absolute atomic E-state index is 0.450. The van der Waals surface area contributed by atoms with Crippen LogP contribution in [-0.4, -0.2) is 5.33 Å². The third-order valence-electron chi connectivity index (χ3n) is 3.75. The molecule has 0 bridgehead atoms. The highest BCUT2D eigenvalue weighted by atomic mass is 79.9. The number of hydrogen-bond acceptors (Lipinski definition) is 0. The van der Waals surface area contributed by atoms with E-state index in [1.165, 1.54) is 30.4 Å². The Morgan fingerprint density at radius 3 is 2.41 bits per heavy atom. The Balaban J connectivity index is 2.39. The summed E-state index contributed by atoms with van der Waals surface area (Å²) < 4.78 is 0. The second kappa shape index (κ2) is 4.97. The summed E-state index contributed by atoms with van der Waals surface area (Å²) in [5.74, 6) is 0. The highest BCUT2D eigenvalue weighted by Crippen LogP contribution is 2.43. The van der Waals surface area contributed by atoms with Gasteiger partial charge in [-0.05, 0) is 42.7 Å². The second-order valence-electron chi connectivity index (χ2n) is 5.92. The summed E-state index contributed by atoms with van der Waals surface area (Å²) in [6.07, 6.45) is 3.75. The van der Waals surface area contributed by atoms with Crippen LogP contribution in [0.2, 0.25) is 0 Å². The molecule has 0 aliphatic heterocycles. The summed E-state index contributed by atoms with van der Waals surface area (Å²) in [6.45, 7) is 6.91. The fourth-order valence-corrected chi connectivity index (χ4v) is 3.16. The molecule has 17 heavy (non-hydrogen) atoms. The molecule has 0 aromatic heterocycles. The van der Waals surface area contributed by atoms with Crippen molar-refractivity contribution in [3.8, 4) is 0 Å². The monoisotopic (exact) mass is 292 g/mol. The van der Waals surface area contributed by atoms with E-state index < -0.39 is 0 Å². The van der Waals surface area contributed by atoms with Gasteiger partial charge >= 0.3 is 0 Å². The number of aryl methyl sites for hydroxylation is 1. The van der Waals surface area contributed by atoms with Gasteiger partial charge in [0.15, 0.2) is 0 Å². The highest BCUT2D eigenvalue weighted by molar-refractivity contribution is 9.09. The molecule has 1 aromatic rings. The second-order valence-corrected chi connectivity index (χ2v) is 6.48. The lowest BCUT2D eigenvalue weighted by Gasteiger charge is -2.33.